The fraction of sp³-hybridized carbons (Fsp3) is 0.652. The Morgan fingerprint density at radius 1 is 0.540 bits per heavy atom. The van der Waals surface area contributed by atoms with Crippen LogP contribution in [0.25, 0.3) is 0 Å². The fourth-order valence-electron chi connectivity index (χ4n) is 5.43. The Bertz CT molecular complexity index is 1470. The molecule has 63 heavy (non-hydrogen) atoms. The second kappa shape index (κ2) is 40.7. The summed E-state index contributed by atoms with van der Waals surface area (Å²) in [5.74, 6) is -1.31. The second-order valence-electron chi connectivity index (χ2n) is 15.0. The molecule has 0 aliphatic rings. The molecule has 17 heteroatoms. The van der Waals surface area contributed by atoms with Gasteiger partial charge in [0.15, 0.2) is 6.10 Å². The van der Waals surface area contributed by atoms with Crippen molar-refractivity contribution in [2.45, 2.75) is 167 Å². The molecule has 1 unspecified atom stereocenters. The largest absolute Gasteiger partial charge is 0.472 e. The van der Waals surface area contributed by atoms with Crippen LogP contribution in [0.2, 0.25) is 0 Å². The summed E-state index contributed by atoms with van der Waals surface area (Å²) in [6, 6.07) is 0. The van der Waals surface area contributed by atoms with Gasteiger partial charge in [-0.1, -0.05) is 137 Å². The SMILES string of the molecule is CCCCC/C=C\C/C=C\C/C=C\CCCCCCC(=O)OC[C@H](COP(=O)(O)OC[C@@H](O)COP(=O)(O)O)OC(=O)CCC[C@@H](O)\C=C/C=C/C=C/[C@@H](O)C/C=C\CCCCC. The topological polar surface area (TPSA) is 236 Å². The van der Waals surface area contributed by atoms with E-state index in [1.54, 1.807) is 36.5 Å². The third kappa shape index (κ3) is 44.2. The van der Waals surface area contributed by atoms with Gasteiger partial charge in [-0.25, -0.2) is 9.13 Å². The summed E-state index contributed by atoms with van der Waals surface area (Å²) in [7, 11) is -9.79. The summed E-state index contributed by atoms with van der Waals surface area (Å²) in [6.45, 7) is 1.35. The first-order valence-corrected chi connectivity index (χ1v) is 25.5. The molecule has 0 saturated carbocycles. The molecule has 15 nitrogen and oxygen atoms in total. The number of hydrogen-bond donors (Lipinski definition) is 6. The van der Waals surface area contributed by atoms with E-state index in [1.807, 2.05) is 6.08 Å². The molecule has 0 aliphatic carbocycles. The van der Waals surface area contributed by atoms with Gasteiger partial charge in [-0.2, -0.15) is 0 Å². The van der Waals surface area contributed by atoms with E-state index in [-0.39, 0.29) is 25.7 Å². The van der Waals surface area contributed by atoms with E-state index < -0.39 is 78.4 Å². The van der Waals surface area contributed by atoms with Gasteiger partial charge < -0.3 is 39.5 Å². The molecule has 0 rings (SSSR count). The smallest absolute Gasteiger partial charge is 0.462 e. The van der Waals surface area contributed by atoms with Crippen molar-refractivity contribution < 1.29 is 71.8 Å². The molecule has 0 saturated heterocycles. The van der Waals surface area contributed by atoms with Gasteiger partial charge in [0.2, 0.25) is 0 Å². The van der Waals surface area contributed by atoms with E-state index in [0.717, 1.165) is 57.8 Å². The minimum absolute atomic E-state index is 0.112. The number of aliphatic hydroxyl groups excluding tert-OH is 3. The van der Waals surface area contributed by atoms with Gasteiger partial charge >= 0.3 is 27.6 Å². The highest BCUT2D eigenvalue weighted by Gasteiger charge is 2.28. The summed E-state index contributed by atoms with van der Waals surface area (Å²) < 4.78 is 47.6. The lowest BCUT2D eigenvalue weighted by atomic mass is 10.1. The van der Waals surface area contributed by atoms with Crippen molar-refractivity contribution in [2.24, 2.45) is 0 Å². The molecule has 0 fully saturated rings. The van der Waals surface area contributed by atoms with Gasteiger partial charge in [0.05, 0.1) is 32.0 Å². The van der Waals surface area contributed by atoms with E-state index in [4.69, 9.17) is 23.8 Å². The Morgan fingerprint density at radius 3 is 1.65 bits per heavy atom. The van der Waals surface area contributed by atoms with Crippen molar-refractivity contribution >= 4 is 27.6 Å². The van der Waals surface area contributed by atoms with Crippen molar-refractivity contribution in [3.8, 4) is 0 Å². The maximum atomic E-state index is 12.7. The van der Waals surface area contributed by atoms with Gasteiger partial charge in [-0.3, -0.25) is 23.2 Å². The number of hydrogen-bond acceptors (Lipinski definition) is 12. The van der Waals surface area contributed by atoms with E-state index in [2.05, 4.69) is 65.4 Å². The summed E-state index contributed by atoms with van der Waals surface area (Å²) >= 11 is 0. The molecular formula is C46H78O15P2. The lowest BCUT2D eigenvalue weighted by molar-refractivity contribution is -0.161. The predicted molar refractivity (Wildman–Crippen MR) is 246 cm³/mol. The number of unbranched alkanes of at least 4 members (excludes halogenated alkanes) is 10. The van der Waals surface area contributed by atoms with Gasteiger partial charge in [-0.05, 0) is 77.0 Å². The number of aliphatic hydroxyl groups is 3. The van der Waals surface area contributed by atoms with Crippen LogP contribution in [0.15, 0.2) is 85.1 Å². The molecule has 0 aromatic rings. The number of phosphoric ester groups is 2. The molecule has 0 aromatic heterocycles. The van der Waals surface area contributed by atoms with E-state index in [0.29, 0.717) is 12.8 Å². The Hall–Kier alpha value is -2.78. The van der Waals surface area contributed by atoms with Crippen LogP contribution in [0.5, 0.6) is 0 Å². The van der Waals surface area contributed by atoms with E-state index >= 15 is 0 Å². The van der Waals surface area contributed by atoms with Crippen LogP contribution >= 0.6 is 15.6 Å². The lowest BCUT2D eigenvalue weighted by Crippen LogP contribution is -2.30. The Kier molecular flexibility index (Phi) is 38.9. The van der Waals surface area contributed by atoms with Crippen molar-refractivity contribution in [3.05, 3.63) is 85.1 Å². The number of allylic oxidation sites excluding steroid dienone is 11. The molecule has 0 aromatic carbocycles. The number of carbonyl (C=O) groups excluding carboxylic acids is 2. The Balaban J connectivity index is 4.81. The molecule has 6 N–H and O–H groups in total. The van der Waals surface area contributed by atoms with Crippen molar-refractivity contribution in [1.82, 2.24) is 0 Å². The Morgan fingerprint density at radius 2 is 1.05 bits per heavy atom. The third-order valence-electron chi connectivity index (χ3n) is 8.94. The maximum Gasteiger partial charge on any atom is 0.472 e. The molecular weight excluding hydrogens is 854 g/mol. The lowest BCUT2D eigenvalue weighted by Gasteiger charge is -2.20. The highest BCUT2D eigenvalue weighted by molar-refractivity contribution is 7.47. The zero-order chi connectivity index (χ0) is 46.9. The number of rotatable bonds is 41. The standard InChI is InChI=1S/C46H78O15P2/c1-3-5-7-9-11-12-13-14-15-16-17-18-19-20-21-23-29-35-45(50)57-39-44(40-60-63(55,56)59-38-43(49)37-58-62(52,53)54)61-46(51)36-30-34-42(48)33-28-25-24-27-32-41(47)31-26-22-10-8-6-4-2/h11-12,14-15,17-18,22,24-28,32-33,41-44,47-49H,3-10,13,16,19-21,23,29-31,34-40H2,1-2H3,(H,55,56)(H2,52,53,54)/b12-11-,15-14-,18-17-,25-24+,26-22-,32-27+,33-28-/t41-,42-,43-,44+/m0/s1. The molecule has 5 atom stereocenters. The van der Waals surface area contributed by atoms with Crippen molar-refractivity contribution in [2.75, 3.05) is 26.4 Å². The quantitative estimate of drug-likeness (QED) is 0.0110. The monoisotopic (exact) mass is 932 g/mol. The number of ether oxygens (including phenoxy) is 2. The number of esters is 2. The first-order valence-electron chi connectivity index (χ1n) is 22.5. The number of phosphoric acid groups is 2. The first kappa shape index (κ1) is 60.2. The second-order valence-corrected chi connectivity index (χ2v) is 17.7. The fourth-order valence-corrected chi connectivity index (χ4v) is 6.59. The Labute approximate surface area is 376 Å². The summed E-state index contributed by atoms with van der Waals surface area (Å²) in [5, 5.41) is 30.1. The molecule has 0 aliphatic heterocycles. The van der Waals surface area contributed by atoms with E-state index in [9.17, 15) is 38.9 Å². The zero-order valence-corrected chi connectivity index (χ0v) is 39.4. The van der Waals surface area contributed by atoms with Gasteiger partial charge in [0.25, 0.3) is 0 Å². The predicted octanol–water partition coefficient (Wildman–Crippen LogP) is 9.50. The van der Waals surface area contributed by atoms with Gasteiger partial charge in [0.1, 0.15) is 12.7 Å². The van der Waals surface area contributed by atoms with Crippen LogP contribution in [0, 0.1) is 0 Å². The highest BCUT2D eigenvalue weighted by atomic mass is 31.2. The van der Waals surface area contributed by atoms with Crippen molar-refractivity contribution in [1.29, 1.82) is 0 Å². The molecule has 0 heterocycles. The minimum atomic E-state index is -4.90. The highest BCUT2D eigenvalue weighted by Crippen LogP contribution is 2.43. The first-order chi connectivity index (χ1) is 30.2. The average Bonchev–Trinajstić information content (AvgIpc) is 3.23. The summed E-state index contributed by atoms with van der Waals surface area (Å²) in [6.07, 6.45) is 39.1. The van der Waals surface area contributed by atoms with Crippen LogP contribution in [0.3, 0.4) is 0 Å². The number of carbonyl (C=O) groups is 2. The van der Waals surface area contributed by atoms with Crippen LogP contribution < -0.4 is 0 Å². The normalized spacial score (nSPS) is 15.7. The molecule has 0 radical (unpaired) electrons. The van der Waals surface area contributed by atoms with E-state index in [1.165, 1.54) is 32.1 Å². The van der Waals surface area contributed by atoms with Crippen molar-refractivity contribution in [3.63, 3.8) is 0 Å². The molecule has 0 bridgehead atoms. The molecule has 362 valence electrons. The van der Waals surface area contributed by atoms with Gasteiger partial charge in [-0.15, -0.1) is 0 Å². The minimum Gasteiger partial charge on any atom is -0.462 e. The van der Waals surface area contributed by atoms with Crippen LogP contribution in [0.1, 0.15) is 142 Å². The molecule has 0 amide bonds. The third-order valence-corrected chi connectivity index (χ3v) is 10.4. The summed E-state index contributed by atoms with van der Waals surface area (Å²) in [5.41, 5.74) is 0. The van der Waals surface area contributed by atoms with Crippen LogP contribution in [-0.2, 0) is 41.8 Å². The van der Waals surface area contributed by atoms with Crippen LogP contribution in [-0.4, -0.2) is 92.8 Å². The zero-order valence-electron chi connectivity index (χ0n) is 37.6. The van der Waals surface area contributed by atoms with Gasteiger partial charge in [0, 0.05) is 12.8 Å². The molecule has 0 spiro atoms. The average molecular weight is 933 g/mol. The van der Waals surface area contributed by atoms with Crippen LogP contribution in [0.4, 0.5) is 0 Å². The summed E-state index contributed by atoms with van der Waals surface area (Å²) in [4.78, 5) is 52.7. The maximum absolute atomic E-state index is 12.7.